The van der Waals surface area contributed by atoms with Crippen molar-refractivity contribution < 1.29 is 18.3 Å². The maximum atomic E-state index is 11.0. The first-order chi connectivity index (χ1) is 12.4. The van der Waals surface area contributed by atoms with Crippen molar-refractivity contribution in [3.05, 3.63) is 24.3 Å². The quantitative estimate of drug-likeness (QED) is 0.393. The zero-order valence-electron chi connectivity index (χ0n) is 15.4. The molecule has 1 heterocycles. The lowest BCUT2D eigenvalue weighted by Crippen LogP contribution is -2.53. The highest BCUT2D eigenvalue weighted by Gasteiger charge is 2.21. The molecule has 0 spiro atoms. The van der Waals surface area contributed by atoms with Gasteiger partial charge in [-0.05, 0) is 12.1 Å². The Balaban J connectivity index is 1.72. The summed E-state index contributed by atoms with van der Waals surface area (Å²) in [5.41, 5.74) is 0.856. The number of ether oxygens (including phenoxy) is 1. The molecule has 0 atom stereocenters. The highest BCUT2D eigenvalue weighted by atomic mass is 32.2. The van der Waals surface area contributed by atoms with Gasteiger partial charge in [-0.25, -0.2) is 8.42 Å². The molecule has 0 radical (unpaired) electrons. The van der Waals surface area contributed by atoms with Crippen LogP contribution in [0.15, 0.2) is 29.3 Å². The van der Waals surface area contributed by atoms with Crippen LogP contribution in [0.4, 0.5) is 5.69 Å². The van der Waals surface area contributed by atoms with E-state index < -0.39 is 9.84 Å². The number of benzene rings is 1. The summed E-state index contributed by atoms with van der Waals surface area (Å²) in [4.78, 5) is 8.62. The fourth-order valence-electron chi connectivity index (χ4n) is 2.77. The third-order valence-electron chi connectivity index (χ3n) is 4.14. The smallest absolute Gasteiger partial charge is 0.193 e. The Bertz CT molecular complexity index is 700. The lowest BCUT2D eigenvalue weighted by Gasteiger charge is -2.37. The number of nitrogens with one attached hydrogen (secondary N) is 1. The number of para-hydroxylation sites is 2. The fraction of sp³-hybridized carbons (Fsp3) is 0.588. The molecule has 8 nitrogen and oxygen atoms in total. The molecule has 1 aromatic carbocycles. The predicted molar refractivity (Wildman–Crippen MR) is 104 cm³/mol. The van der Waals surface area contributed by atoms with Crippen molar-refractivity contribution in [1.29, 1.82) is 0 Å². The Hall–Kier alpha value is -2.00. The zero-order valence-corrected chi connectivity index (χ0v) is 16.2. The minimum atomic E-state index is -2.98. The Morgan fingerprint density at radius 1 is 1.23 bits per heavy atom. The number of aromatic hydroxyl groups is 1. The normalized spacial score (nSPS) is 16.0. The molecular formula is C17H28N4O4S. The largest absolute Gasteiger partial charge is 0.506 e. The van der Waals surface area contributed by atoms with Gasteiger partial charge in [-0.1, -0.05) is 12.1 Å². The number of hydrogen-bond acceptors (Lipinski definition) is 6. The third-order valence-corrected chi connectivity index (χ3v) is 5.05. The molecule has 146 valence electrons. The third kappa shape index (κ3) is 6.38. The zero-order chi connectivity index (χ0) is 19.0. The molecule has 1 aromatic rings. The average molecular weight is 385 g/mol. The van der Waals surface area contributed by atoms with Gasteiger partial charge in [0.2, 0.25) is 0 Å². The molecule has 2 rings (SSSR count). The van der Waals surface area contributed by atoms with Crippen molar-refractivity contribution in [2.45, 2.75) is 0 Å². The molecule has 0 unspecified atom stereocenters. The molecule has 0 amide bonds. The van der Waals surface area contributed by atoms with Gasteiger partial charge in [-0.3, -0.25) is 4.99 Å². The van der Waals surface area contributed by atoms with Crippen molar-refractivity contribution in [2.75, 3.05) is 69.9 Å². The number of aliphatic imine (C=N–C) groups is 1. The van der Waals surface area contributed by atoms with Gasteiger partial charge in [0, 0.05) is 46.0 Å². The second-order valence-corrected chi connectivity index (χ2v) is 8.44. The number of piperazine rings is 1. The first kappa shape index (κ1) is 20.3. The maximum Gasteiger partial charge on any atom is 0.193 e. The summed E-state index contributed by atoms with van der Waals surface area (Å²) < 4.78 is 27.4. The van der Waals surface area contributed by atoms with Gasteiger partial charge in [-0.2, -0.15) is 0 Å². The number of guanidine groups is 1. The summed E-state index contributed by atoms with van der Waals surface area (Å²) >= 11 is 0. The van der Waals surface area contributed by atoms with E-state index in [0.717, 1.165) is 37.8 Å². The van der Waals surface area contributed by atoms with Gasteiger partial charge in [0.1, 0.15) is 15.6 Å². The van der Waals surface area contributed by atoms with E-state index in [0.29, 0.717) is 18.9 Å². The lowest BCUT2D eigenvalue weighted by molar-refractivity contribution is 0.153. The average Bonchev–Trinajstić information content (AvgIpc) is 2.61. The van der Waals surface area contributed by atoms with Crippen LogP contribution in [0.5, 0.6) is 5.75 Å². The Labute approximate surface area is 155 Å². The number of anilines is 1. The van der Waals surface area contributed by atoms with E-state index in [1.54, 1.807) is 13.1 Å². The van der Waals surface area contributed by atoms with Crippen LogP contribution < -0.4 is 10.2 Å². The second kappa shape index (κ2) is 9.63. The van der Waals surface area contributed by atoms with E-state index in [4.69, 9.17) is 4.74 Å². The van der Waals surface area contributed by atoms with Crippen LogP contribution in [0.1, 0.15) is 0 Å². The highest BCUT2D eigenvalue weighted by molar-refractivity contribution is 7.90. The molecule has 1 saturated heterocycles. The summed E-state index contributed by atoms with van der Waals surface area (Å²) in [7, 11) is -1.24. The van der Waals surface area contributed by atoms with E-state index >= 15 is 0 Å². The second-order valence-electron chi connectivity index (χ2n) is 6.18. The predicted octanol–water partition coefficient (Wildman–Crippen LogP) is 0.151. The van der Waals surface area contributed by atoms with Gasteiger partial charge in [0.05, 0.1) is 24.7 Å². The molecule has 0 saturated carbocycles. The molecule has 0 bridgehead atoms. The molecule has 0 aliphatic carbocycles. The summed E-state index contributed by atoms with van der Waals surface area (Å²) in [5, 5.41) is 13.2. The molecule has 1 aliphatic heterocycles. The van der Waals surface area contributed by atoms with Crippen LogP contribution in [0, 0.1) is 0 Å². The number of hydrogen-bond donors (Lipinski definition) is 2. The summed E-state index contributed by atoms with van der Waals surface area (Å²) in [6.45, 7) is 4.37. The molecule has 2 N–H and O–H groups in total. The first-order valence-corrected chi connectivity index (χ1v) is 10.7. The topological polar surface area (TPSA) is 94.5 Å². The van der Waals surface area contributed by atoms with Crippen LogP contribution >= 0.6 is 0 Å². The summed E-state index contributed by atoms with van der Waals surface area (Å²) in [6.07, 6.45) is 1.20. The van der Waals surface area contributed by atoms with Crippen LogP contribution in [-0.4, -0.2) is 89.4 Å². The number of phenols is 1. The molecular weight excluding hydrogens is 356 g/mol. The minimum absolute atomic E-state index is 0.0377. The SMILES string of the molecule is CN=C(NCCOCCS(C)(=O)=O)N1CCN(c2ccccc2O)CC1. The van der Waals surface area contributed by atoms with Gasteiger partial charge in [-0.15, -0.1) is 0 Å². The molecule has 9 heteroatoms. The van der Waals surface area contributed by atoms with E-state index in [-0.39, 0.29) is 12.4 Å². The minimum Gasteiger partial charge on any atom is -0.506 e. The number of sulfone groups is 1. The number of rotatable bonds is 7. The molecule has 0 aromatic heterocycles. The first-order valence-electron chi connectivity index (χ1n) is 8.65. The monoisotopic (exact) mass is 384 g/mol. The van der Waals surface area contributed by atoms with Crippen LogP contribution in [-0.2, 0) is 14.6 Å². The fourth-order valence-corrected chi connectivity index (χ4v) is 3.19. The maximum absolute atomic E-state index is 11.0. The Morgan fingerprint density at radius 3 is 2.54 bits per heavy atom. The number of phenolic OH excluding ortho intramolecular Hbond substituents is 1. The summed E-state index contributed by atoms with van der Waals surface area (Å²) in [5.74, 6) is 1.14. The van der Waals surface area contributed by atoms with Crippen LogP contribution in [0.2, 0.25) is 0 Å². The van der Waals surface area contributed by atoms with Gasteiger partial charge < -0.3 is 25.0 Å². The lowest BCUT2D eigenvalue weighted by atomic mass is 10.2. The standard InChI is InChI=1S/C17H28N4O4S/c1-18-17(19-7-12-25-13-14-26(2,23)24)21-10-8-20(9-11-21)15-5-3-4-6-16(15)22/h3-6,22H,7-14H2,1-2H3,(H,18,19). The van der Waals surface area contributed by atoms with Crippen molar-refractivity contribution in [1.82, 2.24) is 10.2 Å². The van der Waals surface area contributed by atoms with Gasteiger partial charge >= 0.3 is 0 Å². The molecule has 26 heavy (non-hydrogen) atoms. The van der Waals surface area contributed by atoms with Crippen LogP contribution in [0.25, 0.3) is 0 Å². The number of nitrogens with zero attached hydrogens (tertiary/aromatic N) is 3. The van der Waals surface area contributed by atoms with E-state index in [1.807, 2.05) is 18.2 Å². The summed E-state index contributed by atoms with van der Waals surface area (Å²) in [6, 6.07) is 7.36. The van der Waals surface area contributed by atoms with Crippen molar-refractivity contribution in [3.8, 4) is 5.75 Å². The van der Waals surface area contributed by atoms with Crippen LogP contribution in [0.3, 0.4) is 0 Å². The highest BCUT2D eigenvalue weighted by Crippen LogP contribution is 2.27. The van der Waals surface area contributed by atoms with E-state index in [2.05, 4.69) is 20.1 Å². The van der Waals surface area contributed by atoms with Gasteiger partial charge in [0.15, 0.2) is 5.96 Å². The van der Waals surface area contributed by atoms with Crippen molar-refractivity contribution in [2.24, 2.45) is 4.99 Å². The van der Waals surface area contributed by atoms with Crippen molar-refractivity contribution in [3.63, 3.8) is 0 Å². The van der Waals surface area contributed by atoms with E-state index in [9.17, 15) is 13.5 Å². The Morgan fingerprint density at radius 2 is 1.92 bits per heavy atom. The van der Waals surface area contributed by atoms with Gasteiger partial charge in [0.25, 0.3) is 0 Å². The van der Waals surface area contributed by atoms with Crippen molar-refractivity contribution >= 4 is 21.5 Å². The molecule has 1 aliphatic rings. The van der Waals surface area contributed by atoms with E-state index in [1.165, 1.54) is 6.26 Å². The Kier molecular flexibility index (Phi) is 7.52. The molecule has 1 fully saturated rings.